The Kier molecular flexibility index (Phi) is 5.38. The van der Waals surface area contributed by atoms with Crippen molar-refractivity contribution in [1.29, 1.82) is 0 Å². The second kappa shape index (κ2) is 8.32. The second-order valence-electron chi connectivity index (χ2n) is 7.48. The van der Waals surface area contributed by atoms with Crippen LogP contribution in [0.25, 0.3) is 28.2 Å². The topological polar surface area (TPSA) is 48.0 Å². The molecule has 0 unspecified atom stereocenters. The molecule has 0 saturated carbocycles. The summed E-state index contributed by atoms with van der Waals surface area (Å²) in [7, 11) is 0. The van der Waals surface area contributed by atoms with Crippen molar-refractivity contribution in [2.24, 2.45) is 0 Å². The molecule has 5 rings (SSSR count). The standard InChI is InChI=1S/C24H23N5S2/c1-4-29-23(20-15-30-17(3)22(20)18-10-8-16(2)9-11-18)26-27-24(29)31-14-19-13-28-12-6-5-7-21(28)25-19/h5-13,15H,4,14H2,1-3H3. The number of aromatic nitrogens is 5. The third-order valence-corrected chi connectivity index (χ3v) is 7.26. The zero-order chi connectivity index (χ0) is 21.4. The Morgan fingerprint density at radius 1 is 1.03 bits per heavy atom. The number of thioether (sulfide) groups is 1. The van der Waals surface area contributed by atoms with Crippen molar-refractivity contribution in [3.8, 4) is 22.5 Å². The van der Waals surface area contributed by atoms with Gasteiger partial charge in [-0.25, -0.2) is 4.98 Å². The molecule has 4 aromatic heterocycles. The molecule has 1 aromatic carbocycles. The van der Waals surface area contributed by atoms with Gasteiger partial charge in [-0.3, -0.25) is 0 Å². The van der Waals surface area contributed by atoms with Gasteiger partial charge in [0, 0.05) is 46.1 Å². The summed E-state index contributed by atoms with van der Waals surface area (Å²) in [6.45, 7) is 7.26. The van der Waals surface area contributed by atoms with Gasteiger partial charge in [-0.05, 0) is 38.5 Å². The Hall–Kier alpha value is -2.90. The number of nitrogens with zero attached hydrogens (tertiary/aromatic N) is 5. The Morgan fingerprint density at radius 2 is 1.87 bits per heavy atom. The molecule has 0 radical (unpaired) electrons. The van der Waals surface area contributed by atoms with Crippen LogP contribution in [0.1, 0.15) is 23.1 Å². The lowest BCUT2D eigenvalue weighted by Gasteiger charge is -2.09. The number of fused-ring (bicyclic) bond motifs is 1. The first-order valence-electron chi connectivity index (χ1n) is 10.3. The van der Waals surface area contributed by atoms with E-state index in [2.05, 4.69) is 71.4 Å². The molecule has 5 aromatic rings. The second-order valence-corrected chi connectivity index (χ2v) is 9.51. The van der Waals surface area contributed by atoms with Crippen LogP contribution < -0.4 is 0 Å². The quantitative estimate of drug-likeness (QED) is 0.290. The van der Waals surface area contributed by atoms with E-state index in [1.54, 1.807) is 23.1 Å². The molecule has 4 heterocycles. The van der Waals surface area contributed by atoms with Gasteiger partial charge in [0.25, 0.3) is 0 Å². The van der Waals surface area contributed by atoms with Crippen molar-refractivity contribution >= 4 is 28.7 Å². The van der Waals surface area contributed by atoms with E-state index in [1.807, 2.05) is 28.8 Å². The molecular formula is C24H23N5S2. The predicted molar refractivity (Wildman–Crippen MR) is 129 cm³/mol. The number of imidazole rings is 1. The van der Waals surface area contributed by atoms with Gasteiger partial charge in [0.2, 0.25) is 0 Å². The minimum atomic E-state index is 0.757. The molecule has 0 aliphatic carbocycles. The normalized spacial score (nSPS) is 11.5. The van der Waals surface area contributed by atoms with Crippen LogP contribution >= 0.6 is 23.1 Å². The average molecular weight is 446 g/mol. The van der Waals surface area contributed by atoms with Gasteiger partial charge in [0.15, 0.2) is 11.0 Å². The van der Waals surface area contributed by atoms with Gasteiger partial charge in [0.1, 0.15) is 5.65 Å². The summed E-state index contributed by atoms with van der Waals surface area (Å²) < 4.78 is 4.26. The summed E-state index contributed by atoms with van der Waals surface area (Å²) >= 11 is 3.45. The minimum absolute atomic E-state index is 0.757. The van der Waals surface area contributed by atoms with Gasteiger partial charge in [-0.2, -0.15) is 0 Å². The largest absolute Gasteiger partial charge is 0.307 e. The molecular weight excluding hydrogens is 422 g/mol. The fraction of sp³-hybridized carbons (Fsp3) is 0.208. The number of pyridine rings is 1. The molecule has 7 heteroatoms. The molecule has 0 atom stereocenters. The first kappa shape index (κ1) is 20.0. The van der Waals surface area contributed by atoms with Crippen molar-refractivity contribution in [1.82, 2.24) is 24.1 Å². The summed E-state index contributed by atoms with van der Waals surface area (Å²) in [4.78, 5) is 5.99. The molecule has 31 heavy (non-hydrogen) atoms. The van der Waals surface area contributed by atoms with Crippen molar-refractivity contribution in [2.45, 2.75) is 38.2 Å². The lowest BCUT2D eigenvalue weighted by Crippen LogP contribution is -2.00. The van der Waals surface area contributed by atoms with Crippen LogP contribution in [0.2, 0.25) is 0 Å². The van der Waals surface area contributed by atoms with Crippen LogP contribution in [0.4, 0.5) is 0 Å². The van der Waals surface area contributed by atoms with E-state index in [4.69, 9.17) is 4.98 Å². The highest BCUT2D eigenvalue weighted by atomic mass is 32.2. The van der Waals surface area contributed by atoms with Crippen LogP contribution in [0.15, 0.2) is 65.4 Å². The summed E-state index contributed by atoms with van der Waals surface area (Å²) in [5.74, 6) is 1.69. The van der Waals surface area contributed by atoms with Crippen LogP contribution in [-0.4, -0.2) is 24.1 Å². The first-order chi connectivity index (χ1) is 15.1. The highest BCUT2D eigenvalue weighted by Gasteiger charge is 2.20. The third-order valence-electron chi connectivity index (χ3n) is 5.35. The van der Waals surface area contributed by atoms with Gasteiger partial charge < -0.3 is 8.97 Å². The molecule has 0 aliphatic heterocycles. The molecule has 5 nitrogen and oxygen atoms in total. The molecule has 0 saturated heterocycles. The maximum atomic E-state index is 4.70. The number of hydrogen-bond donors (Lipinski definition) is 0. The van der Waals surface area contributed by atoms with Crippen molar-refractivity contribution in [3.63, 3.8) is 0 Å². The highest BCUT2D eigenvalue weighted by molar-refractivity contribution is 7.98. The summed E-state index contributed by atoms with van der Waals surface area (Å²) in [6.07, 6.45) is 4.10. The highest BCUT2D eigenvalue weighted by Crippen LogP contribution is 2.39. The zero-order valence-corrected chi connectivity index (χ0v) is 19.4. The van der Waals surface area contributed by atoms with E-state index >= 15 is 0 Å². The van der Waals surface area contributed by atoms with Crippen molar-refractivity contribution in [2.75, 3.05) is 0 Å². The van der Waals surface area contributed by atoms with Crippen molar-refractivity contribution in [3.05, 3.63) is 76.4 Å². The Labute approximate surface area is 189 Å². The molecule has 0 bridgehead atoms. The number of thiophene rings is 1. The minimum Gasteiger partial charge on any atom is -0.307 e. The molecule has 0 amide bonds. The molecule has 0 aliphatic rings. The maximum absolute atomic E-state index is 4.70. The van der Waals surface area contributed by atoms with Gasteiger partial charge in [-0.1, -0.05) is 47.7 Å². The lowest BCUT2D eigenvalue weighted by molar-refractivity contribution is 0.687. The van der Waals surface area contributed by atoms with E-state index in [-0.39, 0.29) is 0 Å². The number of aryl methyl sites for hydroxylation is 2. The summed E-state index contributed by atoms with van der Waals surface area (Å²) in [5, 5.41) is 12.3. The van der Waals surface area contributed by atoms with Crippen LogP contribution in [0.5, 0.6) is 0 Å². The fourth-order valence-corrected chi connectivity index (χ4v) is 5.52. The molecule has 0 spiro atoms. The summed E-state index contributed by atoms with van der Waals surface area (Å²) in [5.41, 5.74) is 6.90. The van der Waals surface area contributed by atoms with E-state index in [0.717, 1.165) is 40.2 Å². The van der Waals surface area contributed by atoms with E-state index in [9.17, 15) is 0 Å². The van der Waals surface area contributed by atoms with Crippen molar-refractivity contribution < 1.29 is 0 Å². The monoisotopic (exact) mass is 445 g/mol. The lowest BCUT2D eigenvalue weighted by atomic mass is 10.0. The Bertz CT molecular complexity index is 1310. The van der Waals surface area contributed by atoms with Gasteiger partial charge in [-0.15, -0.1) is 21.5 Å². The third kappa shape index (κ3) is 3.79. The predicted octanol–water partition coefficient (Wildman–Crippen LogP) is 6.25. The van der Waals surface area contributed by atoms with Gasteiger partial charge >= 0.3 is 0 Å². The molecule has 0 fully saturated rings. The van der Waals surface area contributed by atoms with E-state index < -0.39 is 0 Å². The van der Waals surface area contributed by atoms with Crippen LogP contribution in [-0.2, 0) is 12.3 Å². The molecule has 156 valence electrons. The first-order valence-corrected chi connectivity index (χ1v) is 12.1. The number of rotatable bonds is 6. The number of benzene rings is 1. The molecule has 0 N–H and O–H groups in total. The Morgan fingerprint density at radius 3 is 2.65 bits per heavy atom. The van der Waals surface area contributed by atoms with E-state index in [1.165, 1.54) is 21.6 Å². The smallest absolute Gasteiger partial charge is 0.191 e. The maximum Gasteiger partial charge on any atom is 0.191 e. The SMILES string of the molecule is CCn1c(SCc2cn3ccccc3n2)nnc1-c1csc(C)c1-c1ccc(C)cc1. The van der Waals surface area contributed by atoms with Crippen LogP contribution in [0.3, 0.4) is 0 Å². The van der Waals surface area contributed by atoms with Gasteiger partial charge in [0.05, 0.1) is 5.69 Å². The Balaban J connectivity index is 1.46. The zero-order valence-electron chi connectivity index (χ0n) is 17.7. The number of hydrogen-bond acceptors (Lipinski definition) is 5. The van der Waals surface area contributed by atoms with Crippen LogP contribution in [0, 0.1) is 13.8 Å². The van der Waals surface area contributed by atoms with E-state index in [0.29, 0.717) is 0 Å². The summed E-state index contributed by atoms with van der Waals surface area (Å²) in [6, 6.07) is 14.8. The average Bonchev–Trinajstić information content (AvgIpc) is 3.48. The fourth-order valence-electron chi connectivity index (χ4n) is 3.77.